The Balaban J connectivity index is 1.34. The van der Waals surface area contributed by atoms with Crippen molar-refractivity contribution in [3.05, 3.63) is 72.1 Å². The first-order valence-electron chi connectivity index (χ1n) is 10.8. The standard InChI is InChI=1S/C24H25N5O3S/c1-17-2-4-18(5-3-17)15-33(30,31)28-20-8-6-19(7-9-20)22-14-21-23(27-22)25-16-26-24(21)29-10-12-32-13-11-29/h2-9,14,16,28H,10-13,15H2,1H3,(H,25,26,27). The molecular formula is C24H25N5O3S. The molecule has 170 valence electrons. The highest BCUT2D eigenvalue weighted by Gasteiger charge is 2.18. The van der Waals surface area contributed by atoms with Crippen LogP contribution in [0.3, 0.4) is 0 Å². The molecule has 1 saturated heterocycles. The summed E-state index contributed by atoms with van der Waals surface area (Å²) in [5.41, 5.74) is 4.97. The van der Waals surface area contributed by atoms with Gasteiger partial charge in [-0.05, 0) is 36.2 Å². The van der Waals surface area contributed by atoms with Gasteiger partial charge in [0.1, 0.15) is 17.8 Å². The highest BCUT2D eigenvalue weighted by molar-refractivity contribution is 7.91. The van der Waals surface area contributed by atoms with E-state index >= 15 is 0 Å². The summed E-state index contributed by atoms with van der Waals surface area (Å²) in [6, 6.07) is 16.8. The third kappa shape index (κ3) is 4.84. The number of morpholine rings is 1. The van der Waals surface area contributed by atoms with E-state index in [0.29, 0.717) is 18.9 Å². The summed E-state index contributed by atoms with van der Waals surface area (Å²) in [5.74, 6) is 0.825. The van der Waals surface area contributed by atoms with Crippen LogP contribution in [0.4, 0.5) is 11.5 Å². The van der Waals surface area contributed by atoms with Crippen molar-refractivity contribution >= 4 is 32.6 Å². The van der Waals surface area contributed by atoms with Crippen LogP contribution in [-0.4, -0.2) is 49.7 Å². The van der Waals surface area contributed by atoms with Crippen molar-refractivity contribution in [2.45, 2.75) is 12.7 Å². The molecular weight excluding hydrogens is 438 g/mol. The average molecular weight is 464 g/mol. The molecule has 0 spiro atoms. The quantitative estimate of drug-likeness (QED) is 0.452. The van der Waals surface area contributed by atoms with Gasteiger partial charge in [0.15, 0.2) is 0 Å². The SMILES string of the molecule is Cc1ccc(CS(=O)(=O)Nc2ccc(-c3cc4c(N5CCOCC5)ncnc4[nH]3)cc2)cc1. The van der Waals surface area contributed by atoms with Crippen LogP contribution in [0.25, 0.3) is 22.3 Å². The molecule has 1 fully saturated rings. The summed E-state index contributed by atoms with van der Waals surface area (Å²) in [5, 5.41) is 0.956. The van der Waals surface area contributed by atoms with Crippen LogP contribution in [0.2, 0.25) is 0 Å². The lowest BCUT2D eigenvalue weighted by atomic mass is 10.1. The molecule has 0 aliphatic carbocycles. The summed E-state index contributed by atoms with van der Waals surface area (Å²) in [6.45, 7) is 4.93. The maximum Gasteiger partial charge on any atom is 0.236 e. The molecule has 0 saturated carbocycles. The molecule has 1 aliphatic heterocycles. The maximum atomic E-state index is 12.6. The Hall–Kier alpha value is -3.43. The monoisotopic (exact) mass is 463 g/mol. The smallest absolute Gasteiger partial charge is 0.236 e. The number of hydrogen-bond acceptors (Lipinski definition) is 6. The van der Waals surface area contributed by atoms with E-state index in [0.717, 1.165) is 52.3 Å². The molecule has 9 heteroatoms. The molecule has 4 aromatic rings. The second-order valence-electron chi connectivity index (χ2n) is 8.17. The second kappa shape index (κ2) is 8.84. The molecule has 2 N–H and O–H groups in total. The van der Waals surface area contributed by atoms with Gasteiger partial charge in [-0.1, -0.05) is 42.0 Å². The lowest BCUT2D eigenvalue weighted by Crippen LogP contribution is -2.36. The van der Waals surface area contributed by atoms with E-state index in [9.17, 15) is 8.42 Å². The van der Waals surface area contributed by atoms with Gasteiger partial charge in [0.25, 0.3) is 0 Å². The van der Waals surface area contributed by atoms with E-state index in [-0.39, 0.29) is 5.75 Å². The Morgan fingerprint density at radius 3 is 2.48 bits per heavy atom. The topological polar surface area (TPSA) is 100 Å². The number of ether oxygens (including phenoxy) is 1. The molecule has 0 radical (unpaired) electrons. The van der Waals surface area contributed by atoms with Crippen molar-refractivity contribution < 1.29 is 13.2 Å². The molecule has 3 heterocycles. The maximum absolute atomic E-state index is 12.6. The lowest BCUT2D eigenvalue weighted by Gasteiger charge is -2.27. The van der Waals surface area contributed by atoms with Crippen molar-refractivity contribution in [1.82, 2.24) is 15.0 Å². The van der Waals surface area contributed by atoms with Gasteiger partial charge in [-0.25, -0.2) is 18.4 Å². The third-order valence-electron chi connectivity index (χ3n) is 5.66. The van der Waals surface area contributed by atoms with Crippen LogP contribution >= 0.6 is 0 Å². The largest absolute Gasteiger partial charge is 0.378 e. The van der Waals surface area contributed by atoms with Crippen molar-refractivity contribution in [2.24, 2.45) is 0 Å². The van der Waals surface area contributed by atoms with E-state index in [1.165, 1.54) is 0 Å². The number of nitrogens with one attached hydrogen (secondary N) is 2. The van der Waals surface area contributed by atoms with E-state index < -0.39 is 10.0 Å². The van der Waals surface area contributed by atoms with Crippen molar-refractivity contribution in [3.8, 4) is 11.3 Å². The first-order chi connectivity index (χ1) is 16.0. The van der Waals surface area contributed by atoms with Crippen molar-refractivity contribution in [2.75, 3.05) is 35.9 Å². The molecule has 1 aliphatic rings. The van der Waals surface area contributed by atoms with Crippen LogP contribution in [0.1, 0.15) is 11.1 Å². The number of aromatic amines is 1. The van der Waals surface area contributed by atoms with Crippen LogP contribution < -0.4 is 9.62 Å². The zero-order valence-corrected chi connectivity index (χ0v) is 19.1. The Kier molecular flexibility index (Phi) is 5.74. The van der Waals surface area contributed by atoms with E-state index in [4.69, 9.17) is 4.74 Å². The predicted octanol–water partition coefficient (Wildman–Crippen LogP) is 3.71. The minimum absolute atomic E-state index is 0.0694. The summed E-state index contributed by atoms with van der Waals surface area (Å²) < 4.78 is 33.2. The summed E-state index contributed by atoms with van der Waals surface area (Å²) in [6.07, 6.45) is 1.57. The van der Waals surface area contributed by atoms with Gasteiger partial charge in [0.2, 0.25) is 10.0 Å². The second-order valence-corrected chi connectivity index (χ2v) is 9.89. The molecule has 2 aromatic heterocycles. The minimum atomic E-state index is -3.51. The Bertz CT molecular complexity index is 1360. The van der Waals surface area contributed by atoms with Gasteiger partial charge in [-0.3, -0.25) is 4.72 Å². The van der Waals surface area contributed by atoms with Gasteiger partial charge in [-0.15, -0.1) is 0 Å². The molecule has 5 rings (SSSR count). The van der Waals surface area contributed by atoms with Crippen molar-refractivity contribution in [1.29, 1.82) is 0 Å². The number of hydrogen-bond donors (Lipinski definition) is 2. The fourth-order valence-electron chi connectivity index (χ4n) is 3.95. The molecule has 2 aromatic carbocycles. The molecule has 0 unspecified atom stereocenters. The van der Waals surface area contributed by atoms with Gasteiger partial charge in [0.05, 0.1) is 24.4 Å². The molecule has 8 nitrogen and oxygen atoms in total. The van der Waals surface area contributed by atoms with Gasteiger partial charge < -0.3 is 14.6 Å². The number of sulfonamides is 1. The van der Waals surface area contributed by atoms with Gasteiger partial charge in [-0.2, -0.15) is 0 Å². The first kappa shape index (κ1) is 21.4. The van der Waals surface area contributed by atoms with E-state index in [1.807, 2.05) is 49.4 Å². The van der Waals surface area contributed by atoms with E-state index in [2.05, 4.69) is 24.6 Å². The summed E-state index contributed by atoms with van der Waals surface area (Å²) >= 11 is 0. The number of nitrogens with zero attached hydrogens (tertiary/aromatic N) is 3. The Morgan fingerprint density at radius 2 is 1.76 bits per heavy atom. The number of fused-ring (bicyclic) bond motifs is 1. The molecule has 0 atom stereocenters. The number of aromatic nitrogens is 3. The third-order valence-corrected chi connectivity index (χ3v) is 6.92. The fourth-order valence-corrected chi connectivity index (χ4v) is 5.15. The zero-order chi connectivity index (χ0) is 22.8. The Labute approximate surface area is 192 Å². The number of H-pyrrole nitrogens is 1. The normalized spacial score (nSPS) is 14.5. The molecule has 33 heavy (non-hydrogen) atoms. The fraction of sp³-hybridized carbons (Fsp3) is 0.250. The van der Waals surface area contributed by atoms with Crippen LogP contribution in [0.5, 0.6) is 0 Å². The summed E-state index contributed by atoms with van der Waals surface area (Å²) in [7, 11) is -3.51. The highest BCUT2D eigenvalue weighted by Crippen LogP contribution is 2.29. The Morgan fingerprint density at radius 1 is 1.03 bits per heavy atom. The molecule has 0 amide bonds. The van der Waals surface area contributed by atoms with E-state index in [1.54, 1.807) is 18.5 Å². The van der Waals surface area contributed by atoms with Crippen LogP contribution in [0, 0.1) is 6.92 Å². The zero-order valence-electron chi connectivity index (χ0n) is 18.3. The van der Waals surface area contributed by atoms with Crippen LogP contribution in [-0.2, 0) is 20.5 Å². The number of rotatable bonds is 6. The van der Waals surface area contributed by atoms with Gasteiger partial charge in [0, 0.05) is 24.5 Å². The summed E-state index contributed by atoms with van der Waals surface area (Å²) in [4.78, 5) is 14.4. The lowest BCUT2D eigenvalue weighted by molar-refractivity contribution is 0.122. The average Bonchev–Trinajstić information content (AvgIpc) is 3.26. The van der Waals surface area contributed by atoms with Gasteiger partial charge >= 0.3 is 0 Å². The van der Waals surface area contributed by atoms with Crippen molar-refractivity contribution in [3.63, 3.8) is 0 Å². The molecule has 0 bridgehead atoms. The van der Waals surface area contributed by atoms with Crippen LogP contribution in [0.15, 0.2) is 60.9 Å². The number of aryl methyl sites for hydroxylation is 1. The minimum Gasteiger partial charge on any atom is -0.378 e. The highest BCUT2D eigenvalue weighted by atomic mass is 32.2. The first-order valence-corrected chi connectivity index (χ1v) is 12.4. The predicted molar refractivity (Wildman–Crippen MR) is 130 cm³/mol. The number of anilines is 2. The number of benzene rings is 2.